The molecule has 0 amide bonds. The van der Waals surface area contributed by atoms with E-state index in [1.54, 1.807) is 16.9 Å². The molecule has 0 saturated heterocycles. The van der Waals surface area contributed by atoms with Crippen LogP contribution in [0, 0.1) is 0 Å². The lowest BCUT2D eigenvalue weighted by Gasteiger charge is -2.05. The Bertz CT molecular complexity index is 791. The van der Waals surface area contributed by atoms with Crippen LogP contribution in [0.15, 0.2) is 42.6 Å². The standard InChI is InChI=1S/C16H15N3O2/c1-2-11-3-5-12(6-4-11)10-19-15-13(9-17-19)7-8-14(18-15)16(20)21/h3-9H,2,10H2,1H3,(H,20,21). The van der Waals surface area contributed by atoms with Crippen molar-refractivity contribution in [2.45, 2.75) is 19.9 Å². The van der Waals surface area contributed by atoms with Crippen LogP contribution in [0.3, 0.4) is 0 Å². The fourth-order valence-electron chi connectivity index (χ4n) is 2.24. The Labute approximate surface area is 121 Å². The molecule has 0 atom stereocenters. The van der Waals surface area contributed by atoms with E-state index in [0.717, 1.165) is 17.4 Å². The first-order valence-corrected chi connectivity index (χ1v) is 6.81. The maximum absolute atomic E-state index is 11.0. The lowest BCUT2D eigenvalue weighted by Crippen LogP contribution is -2.05. The SMILES string of the molecule is CCc1ccc(Cn2ncc3ccc(C(=O)O)nc32)cc1. The molecule has 0 saturated carbocycles. The second-order valence-electron chi connectivity index (χ2n) is 4.89. The molecule has 106 valence electrons. The molecule has 2 aromatic heterocycles. The van der Waals surface area contributed by atoms with E-state index in [0.29, 0.717) is 12.2 Å². The van der Waals surface area contributed by atoms with Crippen molar-refractivity contribution in [2.75, 3.05) is 0 Å². The van der Waals surface area contributed by atoms with Gasteiger partial charge in [0.05, 0.1) is 12.7 Å². The molecule has 0 aliphatic heterocycles. The number of carbonyl (C=O) groups is 1. The average Bonchev–Trinajstić information content (AvgIpc) is 2.90. The Balaban J connectivity index is 1.95. The van der Waals surface area contributed by atoms with Gasteiger partial charge in [0.2, 0.25) is 0 Å². The predicted octanol–water partition coefficient (Wildman–Crippen LogP) is 2.74. The first kappa shape index (κ1) is 13.3. The van der Waals surface area contributed by atoms with E-state index >= 15 is 0 Å². The van der Waals surface area contributed by atoms with Gasteiger partial charge in [-0.2, -0.15) is 5.10 Å². The zero-order chi connectivity index (χ0) is 14.8. The largest absolute Gasteiger partial charge is 0.477 e. The van der Waals surface area contributed by atoms with Gasteiger partial charge in [-0.05, 0) is 29.7 Å². The molecule has 1 aromatic carbocycles. The quantitative estimate of drug-likeness (QED) is 0.798. The minimum absolute atomic E-state index is 0.0329. The molecule has 5 heteroatoms. The van der Waals surface area contributed by atoms with E-state index < -0.39 is 5.97 Å². The molecule has 3 aromatic rings. The van der Waals surface area contributed by atoms with Crippen LogP contribution < -0.4 is 0 Å². The smallest absolute Gasteiger partial charge is 0.354 e. The minimum Gasteiger partial charge on any atom is -0.477 e. The average molecular weight is 281 g/mol. The third-order valence-corrected chi connectivity index (χ3v) is 3.47. The van der Waals surface area contributed by atoms with Crippen molar-refractivity contribution >= 4 is 17.0 Å². The topological polar surface area (TPSA) is 68.0 Å². The summed E-state index contributed by atoms with van der Waals surface area (Å²) in [6.07, 6.45) is 2.71. The number of aromatic carboxylic acids is 1. The predicted molar refractivity (Wildman–Crippen MR) is 79.4 cm³/mol. The third kappa shape index (κ3) is 2.63. The highest BCUT2D eigenvalue weighted by atomic mass is 16.4. The highest BCUT2D eigenvalue weighted by molar-refractivity contribution is 5.88. The van der Waals surface area contributed by atoms with Crippen molar-refractivity contribution in [2.24, 2.45) is 0 Å². The van der Waals surface area contributed by atoms with E-state index in [2.05, 4.69) is 41.3 Å². The summed E-state index contributed by atoms with van der Waals surface area (Å²) in [6, 6.07) is 11.5. The van der Waals surface area contributed by atoms with Crippen molar-refractivity contribution in [3.05, 3.63) is 59.4 Å². The first-order valence-electron chi connectivity index (χ1n) is 6.81. The summed E-state index contributed by atoms with van der Waals surface area (Å²) in [6.45, 7) is 2.69. The van der Waals surface area contributed by atoms with Gasteiger partial charge in [-0.15, -0.1) is 0 Å². The fourth-order valence-corrected chi connectivity index (χ4v) is 2.24. The summed E-state index contributed by atoms with van der Waals surface area (Å²) >= 11 is 0. The summed E-state index contributed by atoms with van der Waals surface area (Å²) < 4.78 is 1.72. The van der Waals surface area contributed by atoms with E-state index in [9.17, 15) is 4.79 Å². The highest BCUT2D eigenvalue weighted by Crippen LogP contribution is 2.14. The molecule has 0 unspecified atom stereocenters. The Kier molecular flexibility index (Phi) is 3.39. The van der Waals surface area contributed by atoms with E-state index in [1.165, 1.54) is 11.6 Å². The number of nitrogens with zero attached hydrogens (tertiary/aromatic N) is 3. The number of hydrogen-bond acceptors (Lipinski definition) is 3. The van der Waals surface area contributed by atoms with Crippen LogP contribution in [0.1, 0.15) is 28.5 Å². The van der Waals surface area contributed by atoms with Gasteiger partial charge in [0.25, 0.3) is 0 Å². The Hall–Kier alpha value is -2.69. The third-order valence-electron chi connectivity index (χ3n) is 3.47. The number of hydrogen-bond donors (Lipinski definition) is 1. The number of aryl methyl sites for hydroxylation is 1. The molecule has 0 aliphatic rings. The van der Waals surface area contributed by atoms with E-state index in [-0.39, 0.29) is 5.69 Å². The first-order chi connectivity index (χ1) is 10.2. The van der Waals surface area contributed by atoms with Crippen molar-refractivity contribution in [1.29, 1.82) is 0 Å². The van der Waals surface area contributed by atoms with Gasteiger partial charge in [0, 0.05) is 5.39 Å². The summed E-state index contributed by atoms with van der Waals surface area (Å²) in [5.41, 5.74) is 3.02. The molecule has 0 bridgehead atoms. The highest BCUT2D eigenvalue weighted by Gasteiger charge is 2.10. The van der Waals surface area contributed by atoms with Gasteiger partial charge in [-0.3, -0.25) is 0 Å². The van der Waals surface area contributed by atoms with Crippen LogP contribution >= 0.6 is 0 Å². The van der Waals surface area contributed by atoms with Crippen molar-refractivity contribution in [3.8, 4) is 0 Å². The normalized spacial score (nSPS) is 10.9. The van der Waals surface area contributed by atoms with E-state index in [4.69, 9.17) is 5.11 Å². The molecule has 5 nitrogen and oxygen atoms in total. The number of benzene rings is 1. The molecular formula is C16H15N3O2. The number of carboxylic acid groups (broad SMARTS) is 1. The van der Waals surface area contributed by atoms with Crippen LogP contribution in [0.5, 0.6) is 0 Å². The Morgan fingerprint density at radius 1 is 1.14 bits per heavy atom. The molecule has 1 N–H and O–H groups in total. The summed E-state index contributed by atoms with van der Waals surface area (Å²) in [5.74, 6) is -1.03. The molecule has 0 aliphatic carbocycles. The minimum atomic E-state index is -1.03. The Morgan fingerprint density at radius 3 is 2.52 bits per heavy atom. The van der Waals surface area contributed by atoms with Crippen LogP contribution in [0.4, 0.5) is 0 Å². The lowest BCUT2D eigenvalue weighted by atomic mass is 10.1. The molecule has 0 spiro atoms. The molecule has 0 radical (unpaired) electrons. The molecule has 3 rings (SSSR count). The number of aromatic nitrogens is 3. The maximum atomic E-state index is 11.0. The van der Waals surface area contributed by atoms with Crippen LogP contribution in [0.2, 0.25) is 0 Å². The summed E-state index contributed by atoms with van der Waals surface area (Å²) in [7, 11) is 0. The lowest BCUT2D eigenvalue weighted by molar-refractivity contribution is 0.0691. The number of fused-ring (bicyclic) bond motifs is 1. The summed E-state index contributed by atoms with van der Waals surface area (Å²) in [5, 5.41) is 14.2. The van der Waals surface area contributed by atoms with Crippen molar-refractivity contribution in [3.63, 3.8) is 0 Å². The molecule has 0 fully saturated rings. The molecule has 21 heavy (non-hydrogen) atoms. The number of carboxylic acids is 1. The van der Waals surface area contributed by atoms with Gasteiger partial charge in [-0.1, -0.05) is 31.2 Å². The summed E-state index contributed by atoms with van der Waals surface area (Å²) in [4.78, 5) is 15.2. The van der Waals surface area contributed by atoms with Gasteiger partial charge in [0.1, 0.15) is 0 Å². The second kappa shape index (κ2) is 5.36. The van der Waals surface area contributed by atoms with Gasteiger partial charge < -0.3 is 5.11 Å². The van der Waals surface area contributed by atoms with Crippen LogP contribution in [0.25, 0.3) is 11.0 Å². The monoisotopic (exact) mass is 281 g/mol. The van der Waals surface area contributed by atoms with Crippen LogP contribution in [-0.4, -0.2) is 25.8 Å². The molecular weight excluding hydrogens is 266 g/mol. The Morgan fingerprint density at radius 2 is 1.86 bits per heavy atom. The number of rotatable bonds is 4. The van der Waals surface area contributed by atoms with Crippen LogP contribution in [-0.2, 0) is 13.0 Å². The van der Waals surface area contributed by atoms with Crippen molar-refractivity contribution in [1.82, 2.24) is 14.8 Å². The second-order valence-corrected chi connectivity index (χ2v) is 4.89. The number of pyridine rings is 1. The van der Waals surface area contributed by atoms with Gasteiger partial charge in [0.15, 0.2) is 11.3 Å². The fraction of sp³-hybridized carbons (Fsp3) is 0.188. The van der Waals surface area contributed by atoms with Gasteiger partial charge >= 0.3 is 5.97 Å². The zero-order valence-corrected chi connectivity index (χ0v) is 11.7. The van der Waals surface area contributed by atoms with Gasteiger partial charge in [-0.25, -0.2) is 14.5 Å². The van der Waals surface area contributed by atoms with E-state index in [1.807, 2.05) is 0 Å². The van der Waals surface area contributed by atoms with Crippen molar-refractivity contribution < 1.29 is 9.90 Å². The molecule has 2 heterocycles. The zero-order valence-electron chi connectivity index (χ0n) is 11.7. The maximum Gasteiger partial charge on any atom is 0.354 e.